The normalized spacial score (nSPS) is 11.6. The van der Waals surface area contributed by atoms with Gasteiger partial charge in [0.05, 0.1) is 13.7 Å². The average Bonchev–Trinajstić information content (AvgIpc) is 2.92. The number of benzene rings is 3. The number of amides is 2. The molecule has 0 fully saturated rings. The van der Waals surface area contributed by atoms with Crippen molar-refractivity contribution in [2.45, 2.75) is 45.7 Å². The zero-order valence-corrected chi connectivity index (χ0v) is 22.1. The number of carbonyl (C=O) groups is 2. The summed E-state index contributed by atoms with van der Waals surface area (Å²) in [7, 11) is 1.62. The Kier molecular flexibility index (Phi) is 11.0. The maximum Gasteiger partial charge on any atom is 0.243 e. The molecule has 1 unspecified atom stereocenters. The fraction of sp³-hybridized carbons (Fsp3) is 0.355. The molecular formula is C31H38N2O4. The Balaban J connectivity index is 1.81. The van der Waals surface area contributed by atoms with E-state index < -0.39 is 6.04 Å². The second-order valence-corrected chi connectivity index (χ2v) is 9.48. The van der Waals surface area contributed by atoms with E-state index in [0.29, 0.717) is 44.2 Å². The minimum atomic E-state index is -0.644. The first-order valence-corrected chi connectivity index (χ1v) is 12.9. The number of rotatable bonds is 14. The zero-order chi connectivity index (χ0) is 26.5. The molecule has 2 amide bonds. The molecule has 6 heteroatoms. The first kappa shape index (κ1) is 27.8. The monoisotopic (exact) mass is 502 g/mol. The molecule has 37 heavy (non-hydrogen) atoms. The molecule has 0 heterocycles. The van der Waals surface area contributed by atoms with Crippen LogP contribution in [0.1, 0.15) is 37.8 Å². The van der Waals surface area contributed by atoms with Crippen molar-refractivity contribution >= 4 is 11.8 Å². The van der Waals surface area contributed by atoms with Crippen LogP contribution < -0.4 is 14.8 Å². The molecule has 0 saturated carbocycles. The van der Waals surface area contributed by atoms with E-state index in [1.165, 1.54) is 0 Å². The molecule has 0 radical (unpaired) electrons. The Morgan fingerprint density at radius 2 is 1.51 bits per heavy atom. The van der Waals surface area contributed by atoms with Crippen molar-refractivity contribution in [3.8, 4) is 11.5 Å². The van der Waals surface area contributed by atoms with Gasteiger partial charge in [0, 0.05) is 25.9 Å². The van der Waals surface area contributed by atoms with Gasteiger partial charge in [-0.2, -0.15) is 0 Å². The Morgan fingerprint density at radius 1 is 0.865 bits per heavy atom. The highest BCUT2D eigenvalue weighted by Crippen LogP contribution is 2.20. The third-order valence-electron chi connectivity index (χ3n) is 5.99. The number of carbonyl (C=O) groups excluding carboxylic acids is 2. The maximum absolute atomic E-state index is 13.6. The fourth-order valence-electron chi connectivity index (χ4n) is 4.02. The summed E-state index contributed by atoms with van der Waals surface area (Å²) in [4.78, 5) is 28.8. The lowest BCUT2D eigenvalue weighted by molar-refractivity contribution is -0.141. The summed E-state index contributed by atoms with van der Waals surface area (Å²) in [6.07, 6.45) is 1.26. The van der Waals surface area contributed by atoms with Crippen LogP contribution in [0.2, 0.25) is 0 Å². The van der Waals surface area contributed by atoms with Crippen molar-refractivity contribution in [1.82, 2.24) is 10.2 Å². The highest BCUT2D eigenvalue weighted by molar-refractivity contribution is 5.88. The molecular weight excluding hydrogens is 464 g/mol. The van der Waals surface area contributed by atoms with E-state index >= 15 is 0 Å². The van der Waals surface area contributed by atoms with Crippen molar-refractivity contribution in [2.75, 3.05) is 20.3 Å². The average molecular weight is 503 g/mol. The van der Waals surface area contributed by atoms with Crippen molar-refractivity contribution in [2.24, 2.45) is 5.92 Å². The number of ether oxygens (including phenoxy) is 2. The van der Waals surface area contributed by atoms with E-state index in [-0.39, 0.29) is 18.2 Å². The summed E-state index contributed by atoms with van der Waals surface area (Å²) in [6.45, 7) is 5.39. The third kappa shape index (κ3) is 9.30. The SMILES string of the molecule is COc1cccc(CN(C(=O)CCCOc2ccccc2)C(Cc2ccccc2)C(=O)NCC(C)C)c1. The Bertz CT molecular complexity index is 1100. The third-order valence-corrected chi connectivity index (χ3v) is 5.99. The molecule has 1 N–H and O–H groups in total. The molecule has 196 valence electrons. The van der Waals surface area contributed by atoms with Gasteiger partial charge >= 0.3 is 0 Å². The van der Waals surface area contributed by atoms with Crippen molar-refractivity contribution in [3.63, 3.8) is 0 Å². The van der Waals surface area contributed by atoms with Gasteiger partial charge < -0.3 is 19.7 Å². The first-order chi connectivity index (χ1) is 18.0. The molecule has 0 spiro atoms. The number of nitrogens with zero attached hydrogens (tertiary/aromatic N) is 1. The second-order valence-electron chi connectivity index (χ2n) is 9.48. The quantitative estimate of drug-likeness (QED) is 0.305. The van der Waals surface area contributed by atoms with Gasteiger partial charge in [-0.3, -0.25) is 9.59 Å². The maximum atomic E-state index is 13.6. The summed E-state index contributed by atoms with van der Waals surface area (Å²) in [5.41, 5.74) is 1.91. The van der Waals surface area contributed by atoms with Crippen LogP contribution in [-0.2, 0) is 22.6 Å². The van der Waals surface area contributed by atoms with Gasteiger partial charge in [0.25, 0.3) is 0 Å². The molecule has 0 aliphatic heterocycles. The van der Waals surface area contributed by atoms with E-state index in [4.69, 9.17) is 9.47 Å². The van der Waals surface area contributed by atoms with Crippen LogP contribution in [0.25, 0.3) is 0 Å². The number of hydrogen-bond acceptors (Lipinski definition) is 4. The second kappa shape index (κ2) is 14.7. The van der Waals surface area contributed by atoms with E-state index in [1.54, 1.807) is 12.0 Å². The molecule has 0 aromatic heterocycles. The van der Waals surface area contributed by atoms with Crippen molar-refractivity contribution in [3.05, 3.63) is 96.1 Å². The van der Waals surface area contributed by atoms with Crippen LogP contribution in [0.5, 0.6) is 11.5 Å². The fourth-order valence-corrected chi connectivity index (χ4v) is 4.02. The Labute approximate surface area is 220 Å². The summed E-state index contributed by atoms with van der Waals surface area (Å²) in [5, 5.41) is 3.05. The van der Waals surface area contributed by atoms with E-state index in [1.807, 2.05) is 84.9 Å². The van der Waals surface area contributed by atoms with Gasteiger partial charge in [-0.25, -0.2) is 0 Å². The molecule has 0 aliphatic rings. The number of methoxy groups -OCH3 is 1. The minimum Gasteiger partial charge on any atom is -0.497 e. The smallest absolute Gasteiger partial charge is 0.243 e. The highest BCUT2D eigenvalue weighted by atomic mass is 16.5. The largest absolute Gasteiger partial charge is 0.497 e. The zero-order valence-electron chi connectivity index (χ0n) is 22.1. The van der Waals surface area contributed by atoms with Crippen LogP contribution in [-0.4, -0.2) is 43.0 Å². The summed E-state index contributed by atoms with van der Waals surface area (Å²) in [5.74, 6) is 1.57. The summed E-state index contributed by atoms with van der Waals surface area (Å²) >= 11 is 0. The Morgan fingerprint density at radius 3 is 2.19 bits per heavy atom. The van der Waals surface area contributed by atoms with Crippen LogP contribution in [0.15, 0.2) is 84.9 Å². The number of hydrogen-bond donors (Lipinski definition) is 1. The van der Waals surface area contributed by atoms with Gasteiger partial charge in [0.1, 0.15) is 17.5 Å². The van der Waals surface area contributed by atoms with Crippen LogP contribution >= 0.6 is 0 Å². The van der Waals surface area contributed by atoms with Gasteiger partial charge in [-0.1, -0.05) is 74.5 Å². The lowest BCUT2D eigenvalue weighted by Gasteiger charge is -2.32. The molecule has 1 atom stereocenters. The topological polar surface area (TPSA) is 67.9 Å². The van der Waals surface area contributed by atoms with Crippen LogP contribution in [0.3, 0.4) is 0 Å². The van der Waals surface area contributed by atoms with E-state index in [2.05, 4.69) is 19.2 Å². The number of nitrogens with one attached hydrogen (secondary N) is 1. The van der Waals surface area contributed by atoms with Gasteiger partial charge in [0.2, 0.25) is 11.8 Å². The molecule has 0 aliphatic carbocycles. The first-order valence-electron chi connectivity index (χ1n) is 12.9. The summed E-state index contributed by atoms with van der Waals surface area (Å²) < 4.78 is 11.2. The Hall–Kier alpha value is -3.80. The molecule has 6 nitrogen and oxygen atoms in total. The molecule has 3 aromatic rings. The predicted molar refractivity (Wildman–Crippen MR) is 146 cm³/mol. The molecule has 0 saturated heterocycles. The number of para-hydroxylation sites is 1. The van der Waals surface area contributed by atoms with Gasteiger partial charge in [-0.15, -0.1) is 0 Å². The standard InChI is InChI=1S/C31H38N2O4/c1-24(2)22-32-31(35)29(21-25-12-6-4-7-13-25)33(23-26-14-10-17-28(20-26)36-3)30(34)18-11-19-37-27-15-8-5-9-16-27/h4-10,12-17,20,24,29H,11,18-19,21-23H2,1-3H3,(H,32,35). The van der Waals surface area contributed by atoms with Crippen LogP contribution in [0, 0.1) is 5.92 Å². The van der Waals surface area contributed by atoms with Crippen molar-refractivity contribution in [1.29, 1.82) is 0 Å². The summed E-state index contributed by atoms with van der Waals surface area (Å²) in [6, 6.07) is 26.4. The molecule has 0 bridgehead atoms. The minimum absolute atomic E-state index is 0.0832. The lowest BCUT2D eigenvalue weighted by atomic mass is 10.0. The van der Waals surface area contributed by atoms with E-state index in [0.717, 1.165) is 16.9 Å². The highest BCUT2D eigenvalue weighted by Gasteiger charge is 2.30. The van der Waals surface area contributed by atoms with Gasteiger partial charge in [-0.05, 0) is 47.7 Å². The van der Waals surface area contributed by atoms with Gasteiger partial charge in [0.15, 0.2) is 0 Å². The van der Waals surface area contributed by atoms with E-state index in [9.17, 15) is 9.59 Å². The predicted octanol–water partition coefficient (Wildman–Crippen LogP) is 5.27. The van der Waals surface area contributed by atoms with Crippen LogP contribution in [0.4, 0.5) is 0 Å². The lowest BCUT2D eigenvalue weighted by Crippen LogP contribution is -2.51. The van der Waals surface area contributed by atoms with Crippen molar-refractivity contribution < 1.29 is 19.1 Å². The molecule has 3 rings (SSSR count). The molecule has 3 aromatic carbocycles.